The van der Waals surface area contributed by atoms with E-state index in [-0.39, 0.29) is 84.8 Å². The normalized spacial score (nSPS) is 25.1. The molecular weight excluding hydrogens is 1220 g/mol. The van der Waals surface area contributed by atoms with Gasteiger partial charge in [0.25, 0.3) is 0 Å². The minimum atomic E-state index is -0.816. The second-order valence-electron chi connectivity index (χ2n) is 26.8. The predicted octanol–water partition coefficient (Wildman–Crippen LogP) is 9.47. The fraction of sp³-hybridized carbons (Fsp3) is 0.533. The van der Waals surface area contributed by atoms with Gasteiger partial charge in [-0.3, -0.25) is 28.9 Å². The van der Waals surface area contributed by atoms with Crippen LogP contribution in [0.4, 0.5) is 0 Å². The maximum absolute atomic E-state index is 13.8. The molecule has 0 bridgehead atoms. The van der Waals surface area contributed by atoms with Crippen LogP contribution in [0.5, 0.6) is 34.5 Å². The van der Waals surface area contributed by atoms with Crippen molar-refractivity contribution in [2.45, 2.75) is 114 Å². The van der Waals surface area contributed by atoms with Gasteiger partial charge in [0, 0.05) is 93.5 Å². The van der Waals surface area contributed by atoms with Crippen molar-refractivity contribution >= 4 is 29.8 Å². The van der Waals surface area contributed by atoms with Crippen molar-refractivity contribution < 1.29 is 72.8 Å². The molecule has 4 saturated heterocycles. The first-order chi connectivity index (χ1) is 46.0. The number of benzene rings is 5. The number of carboxylic acid groups (broad SMARTS) is 4. The minimum Gasteiger partial charge on any atom is -0.497 e. The predicted molar refractivity (Wildman–Crippen MR) is 367 cm³/mol. The molecule has 6 heterocycles. The Hall–Kier alpha value is -7.95. The Labute approximate surface area is 566 Å². The Morgan fingerprint density at radius 2 is 0.979 bits per heavy atom. The number of likely N-dealkylation sites (N-methyl/N-ethyl adjacent to an activating group) is 3. The standard InChI is InChI=1S/C33H45N3O6.3C14H19NO3/c1-4-5-16-35(17-7-15-34(2)3)30(37)21-36-20-26(24-11-13-28-25(19-24)14-18-40-28)31(33(38)39)27(36)12-10-23-8-6-9-29-32(23)42-22-41-29;3*1-9-13(14(16)17)12(8-15(9)2)10-4-6-11(18-3)7-5-10/h6,8-9,11,13,19,26-27,31H,4-5,7,10,12,14-18,20-22H2,1-3H3,(H,38,39);3*4-7,9,12-13H,8H2,1-3H3,(H,16,17)/t26-,27+,31-;3*9-,12+,13-/m1000/s1. The number of para-hydroxylation sites is 1. The maximum Gasteiger partial charge on any atom is 0.308 e. The van der Waals surface area contributed by atoms with Crippen molar-refractivity contribution in [2.75, 3.05) is 122 Å². The van der Waals surface area contributed by atoms with E-state index in [9.17, 15) is 44.4 Å². The van der Waals surface area contributed by atoms with Gasteiger partial charge in [-0.1, -0.05) is 74.0 Å². The van der Waals surface area contributed by atoms with Crippen LogP contribution in [0.1, 0.15) is 110 Å². The number of fused-ring (bicyclic) bond motifs is 2. The number of hydrogen-bond acceptors (Lipinski definition) is 16. The molecule has 96 heavy (non-hydrogen) atoms. The van der Waals surface area contributed by atoms with E-state index in [2.05, 4.69) is 37.5 Å². The Morgan fingerprint density at radius 3 is 1.42 bits per heavy atom. The Kier molecular flexibility index (Phi) is 26.4. The molecule has 12 atom stereocenters. The summed E-state index contributed by atoms with van der Waals surface area (Å²) in [6.07, 6.45) is 4.95. The third kappa shape index (κ3) is 18.0. The van der Waals surface area contributed by atoms with Crippen LogP contribution >= 0.6 is 0 Å². The van der Waals surface area contributed by atoms with Gasteiger partial charge in [-0.2, -0.15) is 0 Å². The van der Waals surface area contributed by atoms with E-state index in [1.54, 1.807) is 21.3 Å². The molecule has 5 aromatic rings. The van der Waals surface area contributed by atoms with Gasteiger partial charge in [0.2, 0.25) is 12.7 Å². The number of aryl methyl sites for hydroxylation is 1. The molecule has 6 aliphatic heterocycles. The Bertz CT molecular complexity index is 3170. The summed E-state index contributed by atoms with van der Waals surface area (Å²) in [7, 11) is 14.9. The largest absolute Gasteiger partial charge is 0.497 e. The molecule has 4 N–H and O–H groups in total. The quantitative estimate of drug-likeness (QED) is 0.0476. The van der Waals surface area contributed by atoms with E-state index in [1.807, 2.05) is 164 Å². The highest BCUT2D eigenvalue weighted by atomic mass is 16.7. The van der Waals surface area contributed by atoms with Gasteiger partial charge in [0.15, 0.2) is 11.5 Å². The second kappa shape index (κ2) is 34.3. The summed E-state index contributed by atoms with van der Waals surface area (Å²) < 4.78 is 32.4. The van der Waals surface area contributed by atoms with E-state index in [1.165, 1.54) is 0 Å². The van der Waals surface area contributed by atoms with Crippen molar-refractivity contribution in [3.63, 3.8) is 0 Å². The molecule has 0 saturated carbocycles. The molecule has 0 aromatic heterocycles. The molecule has 522 valence electrons. The van der Waals surface area contributed by atoms with Crippen LogP contribution in [0.25, 0.3) is 0 Å². The van der Waals surface area contributed by atoms with Crippen LogP contribution < -0.4 is 28.4 Å². The topological polar surface area (TPSA) is 241 Å². The molecule has 0 radical (unpaired) electrons. The highest BCUT2D eigenvalue weighted by Crippen LogP contribution is 2.44. The van der Waals surface area contributed by atoms with Gasteiger partial charge < -0.3 is 73.3 Å². The van der Waals surface area contributed by atoms with Gasteiger partial charge in [-0.15, -0.1) is 0 Å². The fourth-order valence-corrected chi connectivity index (χ4v) is 14.9. The average molecular weight is 1330 g/mol. The lowest BCUT2D eigenvalue weighted by Gasteiger charge is -2.30. The number of carboxylic acids is 4. The first-order valence-electron chi connectivity index (χ1n) is 33.7. The summed E-state index contributed by atoms with van der Waals surface area (Å²) in [6.45, 7) is 14.4. The number of unbranched alkanes of at least 4 members (excludes halogenated alkanes) is 1. The van der Waals surface area contributed by atoms with Crippen LogP contribution in [-0.2, 0) is 36.8 Å². The number of hydrogen-bond donors (Lipinski definition) is 4. The van der Waals surface area contributed by atoms with Gasteiger partial charge in [-0.05, 0) is 170 Å². The van der Waals surface area contributed by atoms with E-state index in [0.29, 0.717) is 32.5 Å². The SMILES string of the molecule is CCCCN(CCCN(C)C)C(=O)CN1C[C@H](c2ccc3c(c2)CCO3)[C@@H](C(=O)O)[C@@H]1CCc1cccc2c1OCO2.COc1ccc([C@H]2CN(C)[C@@H](C)[C@@H]2C(=O)O)cc1.COc1ccc([C@H]2CN(C)[C@@H](C)[C@@H]2C(=O)O)cc1.COc1ccc([C@H]2CN(C)[C@@H](C)[C@@H]2C(=O)O)cc1. The highest BCUT2D eigenvalue weighted by molar-refractivity contribution is 5.79. The third-order valence-electron chi connectivity index (χ3n) is 20.8. The number of methoxy groups -OCH3 is 3. The van der Waals surface area contributed by atoms with Crippen molar-refractivity contribution in [3.8, 4) is 34.5 Å². The van der Waals surface area contributed by atoms with Crippen molar-refractivity contribution in [1.82, 2.24) is 29.4 Å². The zero-order valence-corrected chi connectivity index (χ0v) is 58.1. The van der Waals surface area contributed by atoms with Gasteiger partial charge in [-0.25, -0.2) is 0 Å². The summed E-state index contributed by atoms with van der Waals surface area (Å²) in [4.78, 5) is 73.6. The number of amides is 1. The number of carbonyl (C=O) groups excluding carboxylic acids is 1. The molecule has 6 aliphatic rings. The van der Waals surface area contributed by atoms with Crippen molar-refractivity contribution in [1.29, 1.82) is 0 Å². The summed E-state index contributed by atoms with van der Waals surface area (Å²) >= 11 is 0. The number of ether oxygens (including phenoxy) is 6. The molecule has 5 aromatic carbocycles. The summed E-state index contributed by atoms with van der Waals surface area (Å²) in [5.41, 5.74) is 6.36. The van der Waals surface area contributed by atoms with Gasteiger partial charge in [0.05, 0.1) is 58.2 Å². The summed E-state index contributed by atoms with van der Waals surface area (Å²) in [6, 6.07) is 35.0. The highest BCUT2D eigenvalue weighted by Gasteiger charge is 2.48. The number of likely N-dealkylation sites (tertiary alicyclic amines) is 4. The zero-order chi connectivity index (χ0) is 69.5. The monoisotopic (exact) mass is 1330 g/mol. The maximum atomic E-state index is 13.8. The van der Waals surface area contributed by atoms with E-state index in [0.717, 1.165) is 126 Å². The summed E-state index contributed by atoms with van der Waals surface area (Å²) in [5.74, 6) is 0.125. The molecule has 21 nitrogen and oxygen atoms in total. The number of carbonyl (C=O) groups is 5. The molecule has 11 rings (SSSR count). The third-order valence-corrected chi connectivity index (χ3v) is 20.8. The Balaban J connectivity index is 0.000000181. The van der Waals surface area contributed by atoms with Gasteiger partial charge in [0.1, 0.15) is 23.0 Å². The average Bonchev–Trinajstić information content (AvgIpc) is 1.62. The minimum absolute atomic E-state index is 0.0495. The fourth-order valence-electron chi connectivity index (χ4n) is 14.9. The first-order valence-corrected chi connectivity index (χ1v) is 33.7. The van der Waals surface area contributed by atoms with E-state index < -0.39 is 29.8 Å². The van der Waals surface area contributed by atoms with Crippen LogP contribution in [0.15, 0.2) is 109 Å². The number of nitrogens with zero attached hydrogens (tertiary/aromatic N) is 6. The Morgan fingerprint density at radius 1 is 0.531 bits per heavy atom. The van der Waals surface area contributed by atoms with Crippen molar-refractivity contribution in [3.05, 3.63) is 143 Å². The lowest BCUT2D eigenvalue weighted by Crippen LogP contribution is -2.45. The van der Waals surface area contributed by atoms with E-state index >= 15 is 0 Å². The zero-order valence-electron chi connectivity index (χ0n) is 58.1. The lowest BCUT2D eigenvalue weighted by atomic mass is 9.83. The van der Waals surface area contributed by atoms with Crippen LogP contribution in [0.3, 0.4) is 0 Å². The van der Waals surface area contributed by atoms with E-state index in [4.69, 9.17) is 28.4 Å². The van der Waals surface area contributed by atoms with Crippen molar-refractivity contribution in [2.24, 2.45) is 23.7 Å². The van der Waals surface area contributed by atoms with Crippen LogP contribution in [0, 0.1) is 23.7 Å². The molecule has 0 spiro atoms. The lowest BCUT2D eigenvalue weighted by molar-refractivity contribution is -0.144. The molecule has 0 unspecified atom stereocenters. The number of rotatable bonds is 23. The first kappa shape index (κ1) is 73.9. The smallest absolute Gasteiger partial charge is 0.308 e. The summed E-state index contributed by atoms with van der Waals surface area (Å²) in [5, 5.41) is 38.8. The van der Waals surface area contributed by atoms with Gasteiger partial charge >= 0.3 is 23.9 Å². The molecule has 0 aliphatic carbocycles. The molecule has 21 heteroatoms. The second-order valence-corrected chi connectivity index (χ2v) is 26.8. The molecular formula is C75H102N6O15. The van der Waals surface area contributed by atoms with Crippen LogP contribution in [0.2, 0.25) is 0 Å². The molecule has 1 amide bonds. The van der Waals surface area contributed by atoms with Crippen LogP contribution in [-0.4, -0.2) is 226 Å². The molecule has 4 fully saturated rings. The number of aliphatic carboxylic acids is 4.